The molecule has 1 N–H and O–H groups in total. The zero-order valence-corrected chi connectivity index (χ0v) is 13.6. The smallest absolute Gasteiger partial charge is 0.0649 e. The first kappa shape index (κ1) is 15.8. The zero-order chi connectivity index (χ0) is 15.2. The first-order valence-electron chi connectivity index (χ1n) is 7.97. The first-order chi connectivity index (χ1) is 10.1. The Kier molecular flexibility index (Phi) is 5.57. The molecule has 2 rings (SSSR count). The Balaban J connectivity index is 2.35. The van der Waals surface area contributed by atoms with Gasteiger partial charge in [0.2, 0.25) is 0 Å². The molecule has 0 fully saturated rings. The number of para-hydroxylation sites is 1. The van der Waals surface area contributed by atoms with Crippen molar-refractivity contribution in [2.75, 3.05) is 6.54 Å². The number of nitrogens with one attached hydrogen (secondary N) is 1. The molecule has 2 atom stereocenters. The van der Waals surface area contributed by atoms with Crippen LogP contribution in [0, 0.1) is 11.8 Å². The van der Waals surface area contributed by atoms with E-state index in [9.17, 15) is 0 Å². The lowest BCUT2D eigenvalue weighted by Crippen LogP contribution is -2.32. The number of aromatic nitrogens is 2. The van der Waals surface area contributed by atoms with Crippen LogP contribution in [0.1, 0.15) is 45.9 Å². The predicted molar refractivity (Wildman–Crippen MR) is 88.6 cm³/mol. The van der Waals surface area contributed by atoms with Gasteiger partial charge in [0.05, 0.1) is 17.4 Å². The molecular formula is C18H27N3. The van der Waals surface area contributed by atoms with E-state index in [-0.39, 0.29) is 0 Å². The molecule has 0 spiro atoms. The van der Waals surface area contributed by atoms with Crippen molar-refractivity contribution in [3.63, 3.8) is 0 Å². The third kappa shape index (κ3) is 3.73. The van der Waals surface area contributed by atoms with Gasteiger partial charge in [0, 0.05) is 6.20 Å². The summed E-state index contributed by atoms with van der Waals surface area (Å²) < 4.78 is 2.06. The van der Waals surface area contributed by atoms with Gasteiger partial charge in [0.1, 0.15) is 0 Å². The fourth-order valence-electron chi connectivity index (χ4n) is 2.58. The van der Waals surface area contributed by atoms with Crippen LogP contribution in [0.5, 0.6) is 0 Å². The van der Waals surface area contributed by atoms with Crippen molar-refractivity contribution in [1.82, 2.24) is 15.1 Å². The van der Waals surface area contributed by atoms with Crippen molar-refractivity contribution in [3.8, 4) is 5.69 Å². The van der Waals surface area contributed by atoms with Gasteiger partial charge in [-0.2, -0.15) is 5.10 Å². The maximum absolute atomic E-state index is 4.53. The van der Waals surface area contributed by atoms with Crippen LogP contribution in [0.25, 0.3) is 5.69 Å². The molecule has 0 radical (unpaired) electrons. The van der Waals surface area contributed by atoms with Gasteiger partial charge in [-0.1, -0.05) is 45.9 Å². The molecule has 2 unspecified atom stereocenters. The Morgan fingerprint density at radius 1 is 1.10 bits per heavy atom. The highest BCUT2D eigenvalue weighted by molar-refractivity contribution is 5.33. The highest BCUT2D eigenvalue weighted by Crippen LogP contribution is 2.29. The Morgan fingerprint density at radius 2 is 1.81 bits per heavy atom. The molecule has 3 nitrogen and oxygen atoms in total. The lowest BCUT2D eigenvalue weighted by atomic mass is 9.88. The maximum atomic E-state index is 4.53. The highest BCUT2D eigenvalue weighted by atomic mass is 15.3. The van der Waals surface area contributed by atoms with Crippen molar-refractivity contribution in [2.24, 2.45) is 11.8 Å². The summed E-state index contributed by atoms with van der Waals surface area (Å²) in [6.07, 6.45) is 3.04. The van der Waals surface area contributed by atoms with Crippen molar-refractivity contribution < 1.29 is 0 Å². The van der Waals surface area contributed by atoms with Crippen LogP contribution in [0.2, 0.25) is 0 Å². The summed E-state index contributed by atoms with van der Waals surface area (Å²) in [7, 11) is 0. The summed E-state index contributed by atoms with van der Waals surface area (Å²) in [6, 6.07) is 12.8. The Hall–Kier alpha value is -1.61. The first-order valence-corrected chi connectivity index (χ1v) is 7.97. The second-order valence-corrected chi connectivity index (χ2v) is 6.04. The molecule has 114 valence electrons. The third-order valence-electron chi connectivity index (χ3n) is 4.18. The van der Waals surface area contributed by atoms with Crippen LogP contribution in [-0.2, 0) is 0 Å². The van der Waals surface area contributed by atoms with E-state index in [4.69, 9.17) is 0 Å². The summed E-state index contributed by atoms with van der Waals surface area (Å²) in [6.45, 7) is 10.1. The summed E-state index contributed by atoms with van der Waals surface area (Å²) in [5.41, 5.74) is 2.37. The summed E-state index contributed by atoms with van der Waals surface area (Å²) in [4.78, 5) is 0. The van der Waals surface area contributed by atoms with E-state index in [0.717, 1.165) is 18.7 Å². The van der Waals surface area contributed by atoms with E-state index >= 15 is 0 Å². The Labute approximate surface area is 128 Å². The molecule has 1 heterocycles. The molecule has 0 amide bonds. The average Bonchev–Trinajstić information content (AvgIpc) is 2.97. The lowest BCUT2D eigenvalue weighted by molar-refractivity contribution is 0.295. The minimum absolute atomic E-state index is 0.327. The second-order valence-electron chi connectivity index (χ2n) is 6.04. The van der Waals surface area contributed by atoms with Gasteiger partial charge in [-0.05, 0) is 43.0 Å². The van der Waals surface area contributed by atoms with Crippen LogP contribution >= 0.6 is 0 Å². The Bertz CT molecular complexity index is 530. The average molecular weight is 285 g/mol. The second kappa shape index (κ2) is 7.41. The van der Waals surface area contributed by atoms with E-state index in [1.54, 1.807) is 0 Å². The number of hydrogen-bond donors (Lipinski definition) is 1. The van der Waals surface area contributed by atoms with E-state index in [1.807, 2.05) is 12.3 Å². The van der Waals surface area contributed by atoms with Crippen LogP contribution in [0.3, 0.4) is 0 Å². The van der Waals surface area contributed by atoms with Gasteiger partial charge in [-0.15, -0.1) is 0 Å². The molecule has 1 aromatic heterocycles. The highest BCUT2D eigenvalue weighted by Gasteiger charge is 2.24. The van der Waals surface area contributed by atoms with Gasteiger partial charge >= 0.3 is 0 Å². The minimum Gasteiger partial charge on any atom is -0.308 e. The summed E-state index contributed by atoms with van der Waals surface area (Å²) in [5.74, 6) is 1.18. The third-order valence-corrected chi connectivity index (χ3v) is 4.18. The van der Waals surface area contributed by atoms with E-state index in [1.165, 1.54) is 5.69 Å². The zero-order valence-electron chi connectivity index (χ0n) is 13.6. The number of benzene rings is 1. The molecule has 21 heavy (non-hydrogen) atoms. The van der Waals surface area contributed by atoms with E-state index in [2.05, 4.69) is 73.1 Å². The van der Waals surface area contributed by atoms with Crippen molar-refractivity contribution in [3.05, 3.63) is 48.3 Å². The molecule has 0 saturated carbocycles. The largest absolute Gasteiger partial charge is 0.308 e. The number of nitrogens with zero attached hydrogens (tertiary/aromatic N) is 2. The van der Waals surface area contributed by atoms with Gasteiger partial charge < -0.3 is 5.32 Å². The monoisotopic (exact) mass is 285 g/mol. The SMILES string of the molecule is CCCNC(c1ccnn1-c1ccccc1)C(C)C(C)C. The van der Waals surface area contributed by atoms with E-state index in [0.29, 0.717) is 17.9 Å². The van der Waals surface area contributed by atoms with Crippen LogP contribution < -0.4 is 5.32 Å². The summed E-state index contributed by atoms with van der Waals surface area (Å²) in [5, 5.41) is 8.24. The minimum atomic E-state index is 0.327. The van der Waals surface area contributed by atoms with Crippen LogP contribution in [0.15, 0.2) is 42.6 Å². The summed E-state index contributed by atoms with van der Waals surface area (Å²) >= 11 is 0. The molecule has 1 aromatic carbocycles. The fraction of sp³-hybridized carbons (Fsp3) is 0.500. The molecule has 0 aliphatic rings. The molecule has 2 aromatic rings. The number of hydrogen-bond acceptors (Lipinski definition) is 2. The van der Waals surface area contributed by atoms with Gasteiger partial charge in [0.15, 0.2) is 0 Å². The Morgan fingerprint density at radius 3 is 2.43 bits per heavy atom. The number of rotatable bonds is 7. The quantitative estimate of drug-likeness (QED) is 0.826. The molecule has 0 bridgehead atoms. The molecule has 0 aliphatic heterocycles. The predicted octanol–water partition coefficient (Wildman–Crippen LogP) is 4.21. The molecule has 0 aliphatic carbocycles. The topological polar surface area (TPSA) is 29.9 Å². The van der Waals surface area contributed by atoms with Crippen molar-refractivity contribution >= 4 is 0 Å². The normalized spacial score (nSPS) is 14.3. The van der Waals surface area contributed by atoms with Crippen molar-refractivity contribution in [1.29, 1.82) is 0 Å². The standard InChI is InChI=1S/C18H27N3/c1-5-12-19-18(15(4)14(2)3)17-11-13-20-21(17)16-9-7-6-8-10-16/h6-11,13-15,18-19H,5,12H2,1-4H3. The van der Waals surface area contributed by atoms with Gasteiger partial charge in [-0.25, -0.2) is 4.68 Å². The van der Waals surface area contributed by atoms with Crippen molar-refractivity contribution in [2.45, 2.75) is 40.2 Å². The van der Waals surface area contributed by atoms with Gasteiger partial charge in [0.25, 0.3) is 0 Å². The fourth-order valence-corrected chi connectivity index (χ4v) is 2.58. The molecule has 0 saturated heterocycles. The van der Waals surface area contributed by atoms with Crippen LogP contribution in [0.4, 0.5) is 0 Å². The van der Waals surface area contributed by atoms with Crippen LogP contribution in [-0.4, -0.2) is 16.3 Å². The molecule has 3 heteroatoms. The van der Waals surface area contributed by atoms with Gasteiger partial charge in [-0.3, -0.25) is 0 Å². The maximum Gasteiger partial charge on any atom is 0.0649 e. The molecular weight excluding hydrogens is 258 g/mol. The van der Waals surface area contributed by atoms with E-state index < -0.39 is 0 Å². The lowest BCUT2D eigenvalue weighted by Gasteiger charge is -2.28.